The van der Waals surface area contributed by atoms with Crippen molar-refractivity contribution in [1.82, 2.24) is 9.80 Å². The number of aliphatic carboxylic acids is 1. The lowest BCUT2D eigenvalue weighted by Crippen LogP contribution is -2.34. The summed E-state index contributed by atoms with van der Waals surface area (Å²) in [6.45, 7) is 6.14. The number of carboxylic acid groups (broad SMARTS) is 1. The fraction of sp³-hybridized carbons (Fsp3) is 0.846. The molecule has 1 unspecified atom stereocenters. The number of carbonyl (C=O) groups excluding carboxylic acids is 1. The van der Waals surface area contributed by atoms with Gasteiger partial charge >= 0.3 is 5.97 Å². The van der Waals surface area contributed by atoms with Crippen molar-refractivity contribution in [3.8, 4) is 0 Å². The van der Waals surface area contributed by atoms with Gasteiger partial charge in [-0.05, 0) is 39.9 Å². The Morgan fingerprint density at radius 1 is 1.17 bits per heavy atom. The second-order valence-corrected chi connectivity index (χ2v) is 5.04. The molecule has 0 saturated heterocycles. The summed E-state index contributed by atoms with van der Waals surface area (Å²) < 4.78 is 0. The second-order valence-electron chi connectivity index (χ2n) is 5.04. The number of nitrogens with zero attached hydrogens (tertiary/aromatic N) is 2. The second kappa shape index (κ2) is 8.91. The van der Waals surface area contributed by atoms with E-state index in [-0.39, 0.29) is 18.2 Å². The van der Waals surface area contributed by atoms with Gasteiger partial charge in [0.15, 0.2) is 0 Å². The monoisotopic (exact) mass is 258 g/mol. The Balaban J connectivity index is 4.05. The van der Waals surface area contributed by atoms with Gasteiger partial charge in [0.2, 0.25) is 5.91 Å². The first kappa shape index (κ1) is 16.9. The lowest BCUT2D eigenvalue weighted by molar-refractivity contribution is -0.138. The van der Waals surface area contributed by atoms with E-state index in [1.807, 2.05) is 25.9 Å². The van der Waals surface area contributed by atoms with Crippen molar-refractivity contribution >= 4 is 11.9 Å². The van der Waals surface area contributed by atoms with Gasteiger partial charge in [0.1, 0.15) is 0 Å². The summed E-state index contributed by atoms with van der Waals surface area (Å²) in [5, 5.41) is 8.66. The van der Waals surface area contributed by atoms with Gasteiger partial charge in [-0.15, -0.1) is 0 Å². The molecule has 0 saturated carbocycles. The van der Waals surface area contributed by atoms with Crippen LogP contribution >= 0.6 is 0 Å². The minimum atomic E-state index is -0.842. The summed E-state index contributed by atoms with van der Waals surface area (Å²) in [5.41, 5.74) is 0. The summed E-state index contributed by atoms with van der Waals surface area (Å²) >= 11 is 0. The van der Waals surface area contributed by atoms with E-state index in [1.54, 1.807) is 6.92 Å². The first-order valence-electron chi connectivity index (χ1n) is 6.51. The van der Waals surface area contributed by atoms with Crippen molar-refractivity contribution in [2.24, 2.45) is 5.92 Å². The van der Waals surface area contributed by atoms with E-state index < -0.39 is 5.97 Å². The Kier molecular flexibility index (Phi) is 8.37. The first-order valence-corrected chi connectivity index (χ1v) is 6.51. The molecule has 18 heavy (non-hydrogen) atoms. The predicted molar refractivity (Wildman–Crippen MR) is 71.5 cm³/mol. The average Bonchev–Trinajstić information content (AvgIpc) is 2.22. The lowest BCUT2D eigenvalue weighted by Gasteiger charge is -2.23. The van der Waals surface area contributed by atoms with Crippen LogP contribution in [0, 0.1) is 5.92 Å². The highest BCUT2D eigenvalue weighted by atomic mass is 16.4. The summed E-state index contributed by atoms with van der Waals surface area (Å²) in [4.78, 5) is 26.4. The number of hydrogen-bond donors (Lipinski definition) is 1. The fourth-order valence-corrected chi connectivity index (χ4v) is 1.83. The molecule has 1 amide bonds. The van der Waals surface area contributed by atoms with Gasteiger partial charge in [0, 0.05) is 25.9 Å². The average molecular weight is 258 g/mol. The number of rotatable bonds is 9. The zero-order valence-electron chi connectivity index (χ0n) is 12.0. The van der Waals surface area contributed by atoms with Crippen molar-refractivity contribution in [3.05, 3.63) is 0 Å². The maximum absolute atomic E-state index is 12.0. The zero-order chi connectivity index (χ0) is 14.1. The van der Waals surface area contributed by atoms with Crippen molar-refractivity contribution < 1.29 is 14.7 Å². The van der Waals surface area contributed by atoms with E-state index >= 15 is 0 Å². The molecule has 5 heteroatoms. The van der Waals surface area contributed by atoms with E-state index in [1.165, 1.54) is 0 Å². The molecule has 0 rings (SSSR count). The number of carbonyl (C=O) groups is 2. The molecule has 0 aliphatic carbocycles. The number of hydrogen-bond acceptors (Lipinski definition) is 3. The topological polar surface area (TPSA) is 60.9 Å². The summed E-state index contributed by atoms with van der Waals surface area (Å²) in [5.74, 6) is -0.881. The third kappa shape index (κ3) is 8.06. The standard InChI is InChI=1S/C13H26N2O3/c1-5-15(8-6-7-14(3)4)12(16)9-11(2)10-13(17)18/h11H,5-10H2,1-4H3,(H,17,18). The molecule has 0 radical (unpaired) electrons. The quantitative estimate of drug-likeness (QED) is 0.677. The Hall–Kier alpha value is -1.10. The molecule has 106 valence electrons. The van der Waals surface area contributed by atoms with Crippen LogP contribution in [0.1, 0.15) is 33.1 Å². The molecule has 0 aliphatic rings. The molecule has 0 aromatic heterocycles. The van der Waals surface area contributed by atoms with E-state index in [2.05, 4.69) is 4.90 Å². The third-order valence-corrected chi connectivity index (χ3v) is 2.81. The molecule has 0 heterocycles. The normalized spacial score (nSPS) is 12.5. The molecular weight excluding hydrogens is 232 g/mol. The molecule has 1 N–H and O–H groups in total. The maximum Gasteiger partial charge on any atom is 0.303 e. The molecule has 0 bridgehead atoms. The molecule has 0 aromatic rings. The van der Waals surface area contributed by atoms with E-state index in [0.29, 0.717) is 13.0 Å². The predicted octanol–water partition coefficient (Wildman–Crippen LogP) is 1.29. The Morgan fingerprint density at radius 3 is 2.22 bits per heavy atom. The maximum atomic E-state index is 12.0. The first-order chi connectivity index (χ1) is 8.36. The summed E-state index contributed by atoms with van der Waals surface area (Å²) in [7, 11) is 4.01. The summed E-state index contributed by atoms with van der Waals surface area (Å²) in [6, 6.07) is 0. The van der Waals surface area contributed by atoms with Crippen LogP contribution in [0.15, 0.2) is 0 Å². The SMILES string of the molecule is CCN(CCCN(C)C)C(=O)CC(C)CC(=O)O. The molecule has 0 spiro atoms. The minimum Gasteiger partial charge on any atom is -0.481 e. The molecule has 0 fully saturated rings. The van der Waals surface area contributed by atoms with E-state index in [0.717, 1.165) is 19.5 Å². The smallest absolute Gasteiger partial charge is 0.303 e. The van der Waals surface area contributed by atoms with Crippen LogP contribution in [0.2, 0.25) is 0 Å². The minimum absolute atomic E-state index is 0.0565. The lowest BCUT2D eigenvalue weighted by atomic mass is 10.0. The summed E-state index contributed by atoms with van der Waals surface area (Å²) in [6.07, 6.45) is 1.32. The van der Waals surface area contributed by atoms with Gasteiger partial charge in [-0.1, -0.05) is 6.92 Å². The van der Waals surface area contributed by atoms with Gasteiger partial charge in [0.05, 0.1) is 0 Å². The Bertz CT molecular complexity index is 267. The molecule has 0 aromatic carbocycles. The zero-order valence-corrected chi connectivity index (χ0v) is 12.0. The van der Waals surface area contributed by atoms with Crippen LogP contribution in [-0.2, 0) is 9.59 Å². The highest BCUT2D eigenvalue weighted by Crippen LogP contribution is 2.10. The van der Waals surface area contributed by atoms with Crippen LogP contribution in [0.25, 0.3) is 0 Å². The highest BCUT2D eigenvalue weighted by Gasteiger charge is 2.17. The van der Waals surface area contributed by atoms with Crippen molar-refractivity contribution in [1.29, 1.82) is 0 Å². The van der Waals surface area contributed by atoms with Crippen LogP contribution in [0.3, 0.4) is 0 Å². The largest absolute Gasteiger partial charge is 0.481 e. The van der Waals surface area contributed by atoms with Gasteiger partial charge in [-0.25, -0.2) is 0 Å². The molecular formula is C13H26N2O3. The van der Waals surface area contributed by atoms with Gasteiger partial charge in [-0.2, -0.15) is 0 Å². The van der Waals surface area contributed by atoms with Gasteiger partial charge < -0.3 is 14.9 Å². The number of amides is 1. The highest BCUT2D eigenvalue weighted by molar-refractivity contribution is 5.77. The molecule has 0 aliphatic heterocycles. The van der Waals surface area contributed by atoms with Crippen molar-refractivity contribution in [2.45, 2.75) is 33.1 Å². The third-order valence-electron chi connectivity index (χ3n) is 2.81. The fourth-order valence-electron chi connectivity index (χ4n) is 1.83. The molecule has 5 nitrogen and oxygen atoms in total. The van der Waals surface area contributed by atoms with E-state index in [4.69, 9.17) is 5.11 Å². The van der Waals surface area contributed by atoms with Crippen LogP contribution in [0.5, 0.6) is 0 Å². The van der Waals surface area contributed by atoms with E-state index in [9.17, 15) is 9.59 Å². The van der Waals surface area contributed by atoms with Crippen LogP contribution in [-0.4, -0.2) is 60.5 Å². The Labute approximate surface area is 110 Å². The van der Waals surface area contributed by atoms with Crippen molar-refractivity contribution in [3.63, 3.8) is 0 Å². The van der Waals surface area contributed by atoms with Crippen LogP contribution in [0.4, 0.5) is 0 Å². The Morgan fingerprint density at radius 2 is 1.78 bits per heavy atom. The van der Waals surface area contributed by atoms with Crippen LogP contribution < -0.4 is 0 Å². The molecule has 1 atom stereocenters. The number of carboxylic acids is 1. The van der Waals surface area contributed by atoms with Gasteiger partial charge in [0.25, 0.3) is 0 Å². The van der Waals surface area contributed by atoms with Gasteiger partial charge in [-0.3, -0.25) is 9.59 Å². The van der Waals surface area contributed by atoms with Crippen molar-refractivity contribution in [2.75, 3.05) is 33.7 Å².